The van der Waals surface area contributed by atoms with Gasteiger partial charge in [0.25, 0.3) is 5.91 Å². The zero-order valence-corrected chi connectivity index (χ0v) is 13.3. The number of carbonyl (C=O) groups excluding carboxylic acids is 1. The second kappa shape index (κ2) is 6.57. The van der Waals surface area contributed by atoms with Gasteiger partial charge in [-0.15, -0.1) is 0 Å². The molecule has 2 unspecified atom stereocenters. The van der Waals surface area contributed by atoms with Crippen molar-refractivity contribution in [3.05, 3.63) is 23.8 Å². The topological polar surface area (TPSA) is 50.8 Å². The Morgan fingerprint density at radius 1 is 1.27 bits per heavy atom. The third-order valence-corrected chi connectivity index (χ3v) is 4.60. The molecule has 1 N–H and O–H groups in total. The molecule has 0 radical (unpaired) electrons. The molecular formula is C17H24N2O3. The smallest absolute Gasteiger partial charge is 0.254 e. The lowest BCUT2D eigenvalue weighted by Gasteiger charge is -2.28. The van der Waals surface area contributed by atoms with E-state index in [1.54, 1.807) is 13.2 Å². The second-order valence-electron chi connectivity index (χ2n) is 5.89. The molecule has 0 aliphatic carbocycles. The highest BCUT2D eigenvalue weighted by Crippen LogP contribution is 2.32. The average molecular weight is 304 g/mol. The third-order valence-electron chi connectivity index (χ3n) is 4.60. The van der Waals surface area contributed by atoms with Gasteiger partial charge in [-0.2, -0.15) is 0 Å². The summed E-state index contributed by atoms with van der Waals surface area (Å²) in [6.07, 6.45) is 3.25. The lowest BCUT2D eigenvalue weighted by molar-refractivity contribution is 0.0680. The number of carbonyl (C=O) groups is 1. The fourth-order valence-corrected chi connectivity index (χ4v) is 3.54. The van der Waals surface area contributed by atoms with Crippen LogP contribution in [0.15, 0.2) is 18.2 Å². The molecule has 1 aromatic rings. The maximum absolute atomic E-state index is 13.0. The zero-order chi connectivity index (χ0) is 15.5. The van der Waals surface area contributed by atoms with E-state index < -0.39 is 0 Å². The molecule has 2 atom stereocenters. The molecule has 2 aliphatic rings. The van der Waals surface area contributed by atoms with E-state index in [9.17, 15) is 4.79 Å². The summed E-state index contributed by atoms with van der Waals surface area (Å²) in [6.45, 7) is 4.40. The van der Waals surface area contributed by atoms with Gasteiger partial charge in [0.15, 0.2) is 11.5 Å². The summed E-state index contributed by atoms with van der Waals surface area (Å²) in [7, 11) is 1.60. The third kappa shape index (κ3) is 2.77. The number of benzene rings is 1. The first-order valence-corrected chi connectivity index (χ1v) is 8.08. The van der Waals surface area contributed by atoms with Crippen LogP contribution in [-0.2, 0) is 0 Å². The van der Waals surface area contributed by atoms with Crippen LogP contribution in [0.3, 0.4) is 0 Å². The molecule has 5 heteroatoms. The summed E-state index contributed by atoms with van der Waals surface area (Å²) in [4.78, 5) is 15.0. The number of fused-ring (bicyclic) bond motifs is 2. The molecule has 120 valence electrons. The number of methoxy groups -OCH3 is 1. The number of nitrogens with one attached hydrogen (secondary N) is 1. The Kier molecular flexibility index (Phi) is 4.52. The van der Waals surface area contributed by atoms with Crippen molar-refractivity contribution in [2.75, 3.05) is 26.8 Å². The van der Waals surface area contributed by atoms with Crippen LogP contribution in [0.25, 0.3) is 0 Å². The van der Waals surface area contributed by atoms with Gasteiger partial charge in [-0.1, -0.05) is 0 Å². The first-order chi connectivity index (χ1) is 10.7. The molecular weight excluding hydrogens is 280 g/mol. The van der Waals surface area contributed by atoms with Gasteiger partial charge in [0.05, 0.1) is 13.7 Å². The van der Waals surface area contributed by atoms with E-state index in [1.165, 1.54) is 0 Å². The van der Waals surface area contributed by atoms with Crippen molar-refractivity contribution < 1.29 is 14.3 Å². The molecule has 0 aromatic heterocycles. The minimum atomic E-state index is 0.109. The second-order valence-corrected chi connectivity index (χ2v) is 5.89. The van der Waals surface area contributed by atoms with Gasteiger partial charge in [0.2, 0.25) is 0 Å². The summed E-state index contributed by atoms with van der Waals surface area (Å²) in [5.41, 5.74) is 0.680. The van der Waals surface area contributed by atoms with Crippen LogP contribution in [0, 0.1) is 0 Å². The number of hydrogen-bond acceptors (Lipinski definition) is 4. The van der Waals surface area contributed by atoms with Gasteiger partial charge in [0.1, 0.15) is 0 Å². The van der Waals surface area contributed by atoms with Crippen LogP contribution in [0.2, 0.25) is 0 Å². The summed E-state index contributed by atoms with van der Waals surface area (Å²) in [6, 6.07) is 6.15. The van der Waals surface area contributed by atoms with E-state index in [0.717, 1.165) is 32.4 Å². The molecule has 2 aliphatic heterocycles. The fraction of sp³-hybridized carbons (Fsp3) is 0.588. The number of rotatable bonds is 4. The van der Waals surface area contributed by atoms with Crippen molar-refractivity contribution in [3.8, 4) is 11.5 Å². The molecule has 2 heterocycles. The maximum Gasteiger partial charge on any atom is 0.254 e. The van der Waals surface area contributed by atoms with Crippen LogP contribution in [0.4, 0.5) is 0 Å². The first-order valence-electron chi connectivity index (χ1n) is 8.08. The Morgan fingerprint density at radius 2 is 2.09 bits per heavy atom. The van der Waals surface area contributed by atoms with E-state index in [0.29, 0.717) is 35.8 Å². The molecule has 22 heavy (non-hydrogen) atoms. The molecule has 2 bridgehead atoms. The van der Waals surface area contributed by atoms with E-state index in [4.69, 9.17) is 9.47 Å². The Labute approximate surface area is 131 Å². The van der Waals surface area contributed by atoms with Crippen molar-refractivity contribution in [1.29, 1.82) is 0 Å². The monoisotopic (exact) mass is 304 g/mol. The molecule has 3 rings (SSSR count). The molecule has 1 aromatic carbocycles. The Hall–Kier alpha value is -1.75. The van der Waals surface area contributed by atoms with Crippen molar-refractivity contribution in [2.45, 2.75) is 38.3 Å². The van der Waals surface area contributed by atoms with Gasteiger partial charge in [0, 0.05) is 24.2 Å². The SMILES string of the molecule is CCOc1ccc(C(=O)N2C3CCNCC2CC3)cc1OC. The van der Waals surface area contributed by atoms with Crippen molar-refractivity contribution in [2.24, 2.45) is 0 Å². The quantitative estimate of drug-likeness (QED) is 0.925. The number of ether oxygens (including phenoxy) is 2. The largest absolute Gasteiger partial charge is 0.493 e. The summed E-state index contributed by atoms with van der Waals surface area (Å²) in [5, 5.41) is 3.42. The van der Waals surface area contributed by atoms with Crippen molar-refractivity contribution in [1.82, 2.24) is 10.2 Å². The van der Waals surface area contributed by atoms with Gasteiger partial charge >= 0.3 is 0 Å². The molecule has 2 fully saturated rings. The highest BCUT2D eigenvalue weighted by molar-refractivity contribution is 5.95. The Balaban J connectivity index is 1.85. The number of hydrogen-bond donors (Lipinski definition) is 1. The summed E-state index contributed by atoms with van der Waals surface area (Å²) in [5.74, 6) is 1.41. The minimum Gasteiger partial charge on any atom is -0.493 e. The van der Waals surface area contributed by atoms with Gasteiger partial charge in [-0.05, 0) is 50.9 Å². The highest BCUT2D eigenvalue weighted by atomic mass is 16.5. The highest BCUT2D eigenvalue weighted by Gasteiger charge is 2.38. The molecule has 5 nitrogen and oxygen atoms in total. The van der Waals surface area contributed by atoms with E-state index in [2.05, 4.69) is 10.2 Å². The lowest BCUT2D eigenvalue weighted by atomic mass is 10.1. The van der Waals surface area contributed by atoms with Crippen molar-refractivity contribution in [3.63, 3.8) is 0 Å². The molecule has 1 amide bonds. The van der Waals surface area contributed by atoms with Crippen LogP contribution >= 0.6 is 0 Å². The zero-order valence-electron chi connectivity index (χ0n) is 13.3. The van der Waals surface area contributed by atoms with Crippen LogP contribution in [-0.4, -0.2) is 49.7 Å². The molecule has 2 saturated heterocycles. The summed E-state index contributed by atoms with van der Waals surface area (Å²) >= 11 is 0. The minimum absolute atomic E-state index is 0.109. The first kappa shape index (κ1) is 15.2. The standard InChI is InChI=1S/C17H24N2O3/c1-3-22-15-7-4-12(10-16(15)21-2)17(20)19-13-5-6-14(19)11-18-9-8-13/h4,7,10,13-14,18H,3,5-6,8-9,11H2,1-2H3. The normalized spacial score (nSPS) is 24.0. The molecule has 0 spiro atoms. The van der Waals surface area contributed by atoms with E-state index in [1.807, 2.05) is 19.1 Å². The fourth-order valence-electron chi connectivity index (χ4n) is 3.54. The van der Waals surface area contributed by atoms with E-state index in [-0.39, 0.29) is 5.91 Å². The van der Waals surface area contributed by atoms with Crippen LogP contribution in [0.5, 0.6) is 11.5 Å². The van der Waals surface area contributed by atoms with Gasteiger partial charge < -0.3 is 19.7 Å². The van der Waals surface area contributed by atoms with Crippen LogP contribution < -0.4 is 14.8 Å². The predicted octanol–water partition coefficient (Wildman–Crippen LogP) is 2.06. The average Bonchev–Trinajstić information content (AvgIpc) is 2.80. The number of nitrogens with zero attached hydrogens (tertiary/aromatic N) is 1. The number of amides is 1. The van der Waals surface area contributed by atoms with Crippen molar-refractivity contribution >= 4 is 5.91 Å². The van der Waals surface area contributed by atoms with Gasteiger partial charge in [-0.3, -0.25) is 4.79 Å². The molecule has 0 saturated carbocycles. The van der Waals surface area contributed by atoms with Crippen LogP contribution in [0.1, 0.15) is 36.5 Å². The van der Waals surface area contributed by atoms with E-state index >= 15 is 0 Å². The maximum atomic E-state index is 13.0. The lowest BCUT2D eigenvalue weighted by Crippen LogP contribution is -2.42. The Morgan fingerprint density at radius 3 is 2.86 bits per heavy atom. The Bertz CT molecular complexity index is 533. The summed E-state index contributed by atoms with van der Waals surface area (Å²) < 4.78 is 10.9. The predicted molar refractivity (Wildman–Crippen MR) is 84.6 cm³/mol. The van der Waals surface area contributed by atoms with Gasteiger partial charge in [-0.25, -0.2) is 0 Å².